The third kappa shape index (κ3) is 7.54. The number of rotatable bonds is 7. The Balaban J connectivity index is 1.84. The number of aliphatic imine (C=N–C) groups is 2. The SMILES string of the molecule is C=C(NC(=NCC1(C)CCCO1)/N=C(\C)c1cccc(C(F)(F)F)n1)Nc1ccnc(C(C)(F)F)c1. The summed E-state index contributed by atoms with van der Waals surface area (Å²) in [6, 6.07) is 6.18. The van der Waals surface area contributed by atoms with Crippen LogP contribution in [0.1, 0.15) is 50.7 Å². The lowest BCUT2D eigenvalue weighted by atomic mass is 10.0. The molecule has 0 aliphatic carbocycles. The second-order valence-corrected chi connectivity index (χ2v) is 8.69. The van der Waals surface area contributed by atoms with Gasteiger partial charge in [0, 0.05) is 25.4 Å². The van der Waals surface area contributed by atoms with Crippen LogP contribution in [0.3, 0.4) is 0 Å². The summed E-state index contributed by atoms with van der Waals surface area (Å²) in [6.07, 6.45) is -1.70. The average Bonchev–Trinajstić information content (AvgIpc) is 3.23. The Hall–Kier alpha value is -3.41. The zero-order chi connectivity index (χ0) is 26.6. The summed E-state index contributed by atoms with van der Waals surface area (Å²) in [7, 11) is 0. The highest BCUT2D eigenvalue weighted by atomic mass is 19.4. The molecule has 3 heterocycles. The van der Waals surface area contributed by atoms with Crippen molar-refractivity contribution in [3.63, 3.8) is 0 Å². The maximum atomic E-state index is 13.6. The van der Waals surface area contributed by atoms with E-state index in [4.69, 9.17) is 4.74 Å². The molecule has 2 N–H and O–H groups in total. The highest BCUT2D eigenvalue weighted by molar-refractivity contribution is 6.05. The summed E-state index contributed by atoms with van der Waals surface area (Å²) in [4.78, 5) is 16.1. The summed E-state index contributed by atoms with van der Waals surface area (Å²) in [5.41, 5.74) is -1.48. The zero-order valence-corrected chi connectivity index (χ0v) is 20.1. The molecule has 1 unspecified atom stereocenters. The van der Waals surface area contributed by atoms with Gasteiger partial charge in [-0.25, -0.2) is 15.0 Å². The molecule has 7 nitrogen and oxygen atoms in total. The van der Waals surface area contributed by atoms with Gasteiger partial charge in [0.15, 0.2) is 0 Å². The van der Waals surface area contributed by atoms with Gasteiger partial charge in [0.25, 0.3) is 5.92 Å². The molecule has 1 fully saturated rings. The lowest BCUT2D eigenvalue weighted by Crippen LogP contribution is -2.31. The Morgan fingerprint density at radius 3 is 2.58 bits per heavy atom. The Morgan fingerprint density at radius 2 is 1.94 bits per heavy atom. The van der Waals surface area contributed by atoms with E-state index in [1.165, 1.54) is 37.4 Å². The molecule has 0 saturated carbocycles. The van der Waals surface area contributed by atoms with E-state index >= 15 is 0 Å². The number of halogens is 5. The summed E-state index contributed by atoms with van der Waals surface area (Å²) < 4.78 is 72.2. The molecule has 0 amide bonds. The predicted octanol–water partition coefficient (Wildman–Crippen LogP) is 5.51. The van der Waals surface area contributed by atoms with Crippen molar-refractivity contribution in [2.24, 2.45) is 9.98 Å². The van der Waals surface area contributed by atoms with Crippen LogP contribution in [0.2, 0.25) is 0 Å². The van der Waals surface area contributed by atoms with Crippen LogP contribution in [-0.2, 0) is 16.8 Å². The minimum absolute atomic E-state index is 0.0187. The van der Waals surface area contributed by atoms with Crippen molar-refractivity contribution in [1.29, 1.82) is 0 Å². The smallest absolute Gasteiger partial charge is 0.373 e. The lowest BCUT2D eigenvalue weighted by Gasteiger charge is -2.21. The highest BCUT2D eigenvalue weighted by Gasteiger charge is 2.33. The van der Waals surface area contributed by atoms with E-state index in [-0.39, 0.29) is 29.7 Å². The number of aromatic nitrogens is 2. The topological polar surface area (TPSA) is 83.8 Å². The molecule has 0 spiro atoms. The quantitative estimate of drug-likeness (QED) is 0.291. The van der Waals surface area contributed by atoms with Crippen LogP contribution in [0.15, 0.2) is 58.9 Å². The van der Waals surface area contributed by atoms with Crippen LogP contribution in [0.5, 0.6) is 0 Å². The second-order valence-electron chi connectivity index (χ2n) is 8.69. The van der Waals surface area contributed by atoms with Gasteiger partial charge in [-0.1, -0.05) is 12.6 Å². The number of hydrogen-bond acceptors (Lipinski definition) is 5. The van der Waals surface area contributed by atoms with Crippen molar-refractivity contribution < 1.29 is 26.7 Å². The molecule has 1 aliphatic heterocycles. The first-order chi connectivity index (χ1) is 16.7. The van der Waals surface area contributed by atoms with Crippen LogP contribution in [0.4, 0.5) is 27.6 Å². The maximum absolute atomic E-state index is 13.6. The fraction of sp³-hybridized carbons (Fsp3) is 0.417. The van der Waals surface area contributed by atoms with E-state index in [2.05, 4.69) is 37.2 Å². The molecule has 1 saturated heterocycles. The van der Waals surface area contributed by atoms with E-state index in [1.54, 1.807) is 0 Å². The van der Waals surface area contributed by atoms with Gasteiger partial charge in [0.05, 0.1) is 23.6 Å². The number of guanidine groups is 1. The van der Waals surface area contributed by atoms with E-state index in [0.717, 1.165) is 25.8 Å². The molecule has 1 atom stereocenters. The third-order valence-electron chi connectivity index (χ3n) is 5.32. The number of ether oxygens (including phenoxy) is 1. The van der Waals surface area contributed by atoms with Crippen molar-refractivity contribution >= 4 is 17.4 Å². The lowest BCUT2D eigenvalue weighted by molar-refractivity contribution is -0.141. The van der Waals surface area contributed by atoms with Gasteiger partial charge in [-0.15, -0.1) is 0 Å². The monoisotopic (exact) mass is 510 g/mol. The average molecular weight is 511 g/mol. The van der Waals surface area contributed by atoms with E-state index in [0.29, 0.717) is 12.3 Å². The summed E-state index contributed by atoms with van der Waals surface area (Å²) >= 11 is 0. The summed E-state index contributed by atoms with van der Waals surface area (Å²) in [5, 5.41) is 5.69. The number of nitrogens with one attached hydrogen (secondary N) is 2. The fourth-order valence-electron chi connectivity index (χ4n) is 3.41. The van der Waals surface area contributed by atoms with Crippen molar-refractivity contribution in [3.05, 3.63) is 66.0 Å². The molecule has 0 radical (unpaired) electrons. The predicted molar refractivity (Wildman–Crippen MR) is 127 cm³/mol. The van der Waals surface area contributed by atoms with Crippen molar-refractivity contribution in [1.82, 2.24) is 15.3 Å². The standard InChI is InChI=1S/C24H27F5N6O/c1-15(18-7-5-8-19(35-18)24(27,28)29)32-21(31-14-22(3)10-6-12-36-22)34-16(2)33-17-9-11-30-20(13-17)23(4,25)26/h5,7-9,11,13H,2,6,10,12,14H2,1,3-4H3,(H,30,33)(H,31,34)/b32-15+. The molecule has 1 aliphatic rings. The summed E-state index contributed by atoms with van der Waals surface area (Å²) in [6.45, 7) is 8.81. The minimum atomic E-state index is -4.60. The number of hydrogen-bond donors (Lipinski definition) is 2. The van der Waals surface area contributed by atoms with Crippen molar-refractivity contribution in [2.75, 3.05) is 18.5 Å². The van der Waals surface area contributed by atoms with Gasteiger partial charge in [0.2, 0.25) is 5.96 Å². The molecule has 194 valence electrons. The van der Waals surface area contributed by atoms with Gasteiger partial charge in [-0.05, 0) is 51.0 Å². The summed E-state index contributed by atoms with van der Waals surface area (Å²) in [5.74, 6) is -2.94. The van der Waals surface area contributed by atoms with Crippen LogP contribution < -0.4 is 10.6 Å². The van der Waals surface area contributed by atoms with Gasteiger partial charge in [0.1, 0.15) is 17.2 Å². The first-order valence-electron chi connectivity index (χ1n) is 11.1. The second kappa shape index (κ2) is 10.7. The molecule has 36 heavy (non-hydrogen) atoms. The van der Waals surface area contributed by atoms with Gasteiger partial charge in [-0.2, -0.15) is 22.0 Å². The van der Waals surface area contributed by atoms with Crippen LogP contribution in [0, 0.1) is 0 Å². The Labute approximate surface area is 205 Å². The van der Waals surface area contributed by atoms with E-state index < -0.39 is 29.1 Å². The maximum Gasteiger partial charge on any atom is 0.433 e. The first-order valence-corrected chi connectivity index (χ1v) is 11.1. The Morgan fingerprint density at radius 1 is 1.19 bits per heavy atom. The third-order valence-corrected chi connectivity index (χ3v) is 5.32. The number of anilines is 1. The largest absolute Gasteiger partial charge is 0.433 e. The Bertz CT molecular complexity index is 1150. The van der Waals surface area contributed by atoms with Crippen LogP contribution >= 0.6 is 0 Å². The number of alkyl halides is 5. The molecule has 2 aromatic heterocycles. The van der Waals surface area contributed by atoms with Crippen LogP contribution in [0.25, 0.3) is 0 Å². The first kappa shape index (κ1) is 27.2. The molecule has 0 aromatic carbocycles. The van der Waals surface area contributed by atoms with Crippen molar-refractivity contribution in [2.45, 2.75) is 51.3 Å². The van der Waals surface area contributed by atoms with Gasteiger partial charge in [-0.3, -0.25) is 4.98 Å². The molecule has 3 rings (SSSR count). The zero-order valence-electron chi connectivity index (χ0n) is 20.1. The Kier molecular flexibility index (Phi) is 8.07. The molecule has 0 bridgehead atoms. The fourth-order valence-corrected chi connectivity index (χ4v) is 3.41. The molecular weight excluding hydrogens is 483 g/mol. The number of nitrogens with zero attached hydrogens (tertiary/aromatic N) is 4. The van der Waals surface area contributed by atoms with E-state index in [1.807, 2.05) is 6.92 Å². The minimum Gasteiger partial charge on any atom is -0.373 e. The normalized spacial score (nSPS) is 19.3. The molecule has 2 aromatic rings. The molecule has 12 heteroatoms. The van der Waals surface area contributed by atoms with Crippen LogP contribution in [-0.4, -0.2) is 40.4 Å². The van der Waals surface area contributed by atoms with Gasteiger partial charge < -0.3 is 15.4 Å². The number of pyridine rings is 2. The molecular formula is C24H27F5N6O. The van der Waals surface area contributed by atoms with E-state index in [9.17, 15) is 22.0 Å². The highest BCUT2D eigenvalue weighted by Crippen LogP contribution is 2.28. The van der Waals surface area contributed by atoms with Crippen molar-refractivity contribution in [3.8, 4) is 0 Å². The van der Waals surface area contributed by atoms with Gasteiger partial charge >= 0.3 is 6.18 Å².